The van der Waals surface area contributed by atoms with E-state index >= 15 is 0 Å². The summed E-state index contributed by atoms with van der Waals surface area (Å²) in [6.45, 7) is 3.20. The summed E-state index contributed by atoms with van der Waals surface area (Å²) in [4.78, 5) is 0. The molecule has 0 unspecified atom stereocenters. The third-order valence-electron chi connectivity index (χ3n) is 0.856. The second kappa shape index (κ2) is 5.69. The van der Waals surface area contributed by atoms with Crippen LogP contribution in [0.3, 0.4) is 0 Å². The number of allylic oxidation sites excluding steroid dienone is 3. The zero-order valence-electron chi connectivity index (χ0n) is 6.24. The van der Waals surface area contributed by atoms with Crippen LogP contribution in [0.2, 0.25) is 0 Å². The molecule has 0 radical (unpaired) electrons. The van der Waals surface area contributed by atoms with Crippen LogP contribution in [0.25, 0.3) is 0 Å². The molecule has 0 rings (SSSR count). The van der Waals surface area contributed by atoms with Crippen molar-refractivity contribution in [2.45, 2.75) is 6.36 Å². The molecule has 0 atom stereocenters. The number of hydrogen-bond acceptors (Lipinski definition) is 1. The minimum atomic E-state index is -4.69. The van der Waals surface area contributed by atoms with E-state index in [-0.39, 0.29) is 10.2 Å². The summed E-state index contributed by atoms with van der Waals surface area (Å²) in [5, 5.41) is 0. The lowest BCUT2D eigenvalue weighted by atomic mass is 10.4. The van der Waals surface area contributed by atoms with Crippen molar-refractivity contribution in [1.82, 2.24) is 0 Å². The first-order chi connectivity index (χ1) is 5.90. The lowest BCUT2D eigenvalue weighted by molar-refractivity contribution is -0.303. The largest absolute Gasteiger partial charge is 0.573 e. The first-order valence-electron chi connectivity index (χ1n) is 2.95. The summed E-state index contributed by atoms with van der Waals surface area (Å²) in [6.07, 6.45) is -2.29. The van der Waals surface area contributed by atoms with Gasteiger partial charge in [0.15, 0.2) is 0 Å². The minimum absolute atomic E-state index is 0.189. The molecule has 0 aromatic carbocycles. The van der Waals surface area contributed by atoms with Crippen molar-refractivity contribution in [3.05, 3.63) is 33.1 Å². The Balaban J connectivity index is 4.69. The van der Waals surface area contributed by atoms with Gasteiger partial charge in [-0.3, -0.25) is 0 Å². The van der Waals surface area contributed by atoms with E-state index in [1.165, 1.54) is 6.08 Å². The van der Waals surface area contributed by atoms with Crippen LogP contribution >= 0.6 is 38.5 Å². The van der Waals surface area contributed by atoms with E-state index in [2.05, 4.69) is 27.2 Å². The molecule has 0 aliphatic rings. The summed E-state index contributed by atoms with van der Waals surface area (Å²) in [5.41, 5.74) is 0. The van der Waals surface area contributed by atoms with E-state index in [9.17, 15) is 13.2 Å². The second-order valence-electron chi connectivity index (χ2n) is 1.76. The maximum absolute atomic E-state index is 11.7. The highest BCUT2D eigenvalue weighted by atomic mass is 127. The molecule has 0 fully saturated rings. The lowest BCUT2D eigenvalue weighted by Gasteiger charge is -2.09. The number of alkyl halides is 3. The van der Waals surface area contributed by atoms with E-state index in [4.69, 9.17) is 0 Å². The van der Waals surface area contributed by atoms with Crippen molar-refractivity contribution in [3.63, 3.8) is 0 Å². The minimum Gasteiger partial charge on any atom is -0.405 e. The number of rotatable bonds is 3. The highest BCUT2D eigenvalue weighted by Crippen LogP contribution is 2.25. The van der Waals surface area contributed by atoms with Crippen molar-refractivity contribution in [2.75, 3.05) is 0 Å². The van der Waals surface area contributed by atoms with Crippen molar-refractivity contribution >= 4 is 38.5 Å². The Morgan fingerprint density at radius 2 is 2.00 bits per heavy atom. The Labute approximate surface area is 95.6 Å². The Kier molecular flexibility index (Phi) is 5.70. The molecule has 0 aliphatic heterocycles. The van der Waals surface area contributed by atoms with Gasteiger partial charge in [0.05, 0.1) is 4.48 Å². The molecule has 1 nitrogen and oxygen atoms in total. The molecule has 0 aromatic rings. The van der Waals surface area contributed by atoms with Gasteiger partial charge in [-0.2, -0.15) is 0 Å². The maximum atomic E-state index is 11.7. The Hall–Kier alpha value is 0.0200. The molecule has 0 saturated carbocycles. The zero-order chi connectivity index (χ0) is 10.5. The van der Waals surface area contributed by atoms with Gasteiger partial charge in [0.25, 0.3) is 0 Å². The first kappa shape index (κ1) is 13.0. The molecule has 0 aromatic heterocycles. The molecule has 6 heteroatoms. The van der Waals surface area contributed by atoms with Crippen LogP contribution in [0.15, 0.2) is 33.1 Å². The maximum Gasteiger partial charge on any atom is 0.573 e. The van der Waals surface area contributed by atoms with Gasteiger partial charge >= 0.3 is 6.36 Å². The van der Waals surface area contributed by atoms with Gasteiger partial charge in [0.1, 0.15) is 5.76 Å². The number of hydrogen-bond donors (Lipinski definition) is 0. The van der Waals surface area contributed by atoms with E-state index in [1.54, 1.807) is 4.08 Å². The van der Waals surface area contributed by atoms with Crippen molar-refractivity contribution < 1.29 is 17.9 Å². The van der Waals surface area contributed by atoms with E-state index < -0.39 is 6.36 Å². The summed E-state index contributed by atoms with van der Waals surface area (Å²) >= 11 is 4.78. The SMILES string of the molecule is C=C/C(OC(F)(F)F)=C(Br)\C=C\I. The monoisotopic (exact) mass is 368 g/mol. The third-order valence-corrected chi connectivity index (χ3v) is 1.87. The summed E-state index contributed by atoms with van der Waals surface area (Å²) in [6, 6.07) is 0. The van der Waals surface area contributed by atoms with E-state index in [1.807, 2.05) is 22.6 Å². The molecular weight excluding hydrogens is 364 g/mol. The highest BCUT2D eigenvalue weighted by Gasteiger charge is 2.31. The van der Waals surface area contributed by atoms with Gasteiger partial charge in [-0.05, 0) is 32.2 Å². The zero-order valence-corrected chi connectivity index (χ0v) is 9.98. The molecule has 13 heavy (non-hydrogen) atoms. The molecule has 0 bridgehead atoms. The smallest absolute Gasteiger partial charge is 0.405 e. The molecule has 74 valence electrons. The molecular formula is C7H5BrF3IO. The van der Waals surface area contributed by atoms with Crippen LogP contribution in [0.5, 0.6) is 0 Å². The fourth-order valence-electron chi connectivity index (χ4n) is 0.450. The third kappa shape index (κ3) is 6.14. The van der Waals surface area contributed by atoms with Crippen LogP contribution in [0, 0.1) is 0 Å². The summed E-state index contributed by atoms with van der Waals surface area (Å²) in [7, 11) is 0. The second-order valence-corrected chi connectivity index (χ2v) is 3.33. The standard InChI is InChI=1S/C7H5BrF3IO/c1-2-6(5(8)3-4-12)13-7(9,10)11/h2-4H,1H2/b4-3+,6-5-. The molecule has 0 aliphatic carbocycles. The van der Waals surface area contributed by atoms with Crippen LogP contribution in [-0.4, -0.2) is 6.36 Å². The number of halogens is 5. The van der Waals surface area contributed by atoms with Crippen molar-refractivity contribution in [3.8, 4) is 0 Å². The Morgan fingerprint density at radius 3 is 2.31 bits per heavy atom. The van der Waals surface area contributed by atoms with Gasteiger partial charge in [-0.25, -0.2) is 0 Å². The van der Waals surface area contributed by atoms with Gasteiger partial charge in [0.2, 0.25) is 0 Å². The van der Waals surface area contributed by atoms with Gasteiger partial charge in [-0.1, -0.05) is 29.2 Å². The topological polar surface area (TPSA) is 9.23 Å². The predicted octanol–water partition coefficient (Wildman–Crippen LogP) is 4.26. The van der Waals surface area contributed by atoms with E-state index in [0.29, 0.717) is 0 Å². The molecule has 0 heterocycles. The van der Waals surface area contributed by atoms with E-state index in [0.717, 1.165) is 6.08 Å². The first-order valence-corrected chi connectivity index (χ1v) is 4.99. The van der Waals surface area contributed by atoms with Gasteiger partial charge in [-0.15, -0.1) is 13.2 Å². The summed E-state index contributed by atoms with van der Waals surface area (Å²) in [5.74, 6) is -0.361. The molecule has 0 saturated heterocycles. The van der Waals surface area contributed by atoms with Gasteiger partial charge in [0, 0.05) is 0 Å². The van der Waals surface area contributed by atoms with Crippen LogP contribution in [0.1, 0.15) is 0 Å². The molecule has 0 amide bonds. The molecule has 0 spiro atoms. The quantitative estimate of drug-likeness (QED) is 0.411. The average Bonchev–Trinajstić information content (AvgIpc) is 1.99. The molecule has 0 N–H and O–H groups in total. The fraction of sp³-hybridized carbons (Fsp3) is 0.143. The average molecular weight is 369 g/mol. The lowest BCUT2D eigenvalue weighted by Crippen LogP contribution is -2.12. The Bertz CT molecular complexity index is 245. The highest BCUT2D eigenvalue weighted by molar-refractivity contribution is 14.1. The number of ether oxygens (including phenoxy) is 1. The van der Waals surface area contributed by atoms with Crippen LogP contribution < -0.4 is 0 Å². The van der Waals surface area contributed by atoms with Crippen LogP contribution in [0.4, 0.5) is 13.2 Å². The van der Waals surface area contributed by atoms with Crippen LogP contribution in [-0.2, 0) is 4.74 Å². The van der Waals surface area contributed by atoms with Crippen molar-refractivity contribution in [1.29, 1.82) is 0 Å². The van der Waals surface area contributed by atoms with Crippen molar-refractivity contribution in [2.24, 2.45) is 0 Å². The predicted molar refractivity (Wildman–Crippen MR) is 56.5 cm³/mol. The Morgan fingerprint density at radius 1 is 1.46 bits per heavy atom. The normalized spacial score (nSPS) is 14.2. The fourth-order valence-corrected chi connectivity index (χ4v) is 1.68. The summed E-state index contributed by atoms with van der Waals surface area (Å²) < 4.78 is 40.6. The van der Waals surface area contributed by atoms with Gasteiger partial charge < -0.3 is 4.74 Å².